The summed E-state index contributed by atoms with van der Waals surface area (Å²) >= 11 is 1.11. The number of hydrogen-bond acceptors (Lipinski definition) is 7. The largest absolute Gasteiger partial charge is 0.489 e. The van der Waals surface area contributed by atoms with E-state index in [0.717, 1.165) is 17.3 Å². The molecule has 0 aliphatic rings. The molecule has 8 nitrogen and oxygen atoms in total. The number of nitrogens with zero attached hydrogens (tertiary/aromatic N) is 3. The van der Waals surface area contributed by atoms with E-state index in [2.05, 4.69) is 20.3 Å². The number of thioether (sulfide) groups is 1. The van der Waals surface area contributed by atoms with E-state index < -0.39 is 6.61 Å². The van der Waals surface area contributed by atoms with Crippen LogP contribution in [0.25, 0.3) is 11.4 Å². The number of nitrogens with two attached hydrogens (primary N) is 1. The molecule has 0 saturated heterocycles. The molecular formula is C24H21F2N5O3S. The molecule has 0 fully saturated rings. The number of rotatable bonds is 10. The van der Waals surface area contributed by atoms with Gasteiger partial charge in [-0.15, -0.1) is 10.2 Å². The number of ether oxygens (including phenoxy) is 2. The van der Waals surface area contributed by atoms with Crippen LogP contribution in [0.1, 0.15) is 5.56 Å². The molecule has 0 atom stereocenters. The highest BCUT2D eigenvalue weighted by Gasteiger charge is 2.14. The molecule has 0 bridgehead atoms. The molecule has 0 aliphatic heterocycles. The van der Waals surface area contributed by atoms with Crippen molar-refractivity contribution < 1.29 is 23.0 Å². The summed E-state index contributed by atoms with van der Waals surface area (Å²) in [6, 6.07) is 22.8. The molecular weight excluding hydrogens is 476 g/mol. The summed E-state index contributed by atoms with van der Waals surface area (Å²) < 4.78 is 35.9. The Morgan fingerprint density at radius 3 is 2.34 bits per heavy atom. The van der Waals surface area contributed by atoms with Crippen LogP contribution in [0, 0.1) is 0 Å². The number of benzene rings is 3. The number of hydrogen-bond donors (Lipinski definition) is 2. The van der Waals surface area contributed by atoms with Gasteiger partial charge in [0.1, 0.15) is 18.1 Å². The Labute approximate surface area is 204 Å². The highest BCUT2D eigenvalue weighted by molar-refractivity contribution is 7.99. The number of nitrogens with one attached hydrogen (secondary N) is 1. The van der Waals surface area contributed by atoms with Gasteiger partial charge in [0.25, 0.3) is 0 Å². The summed E-state index contributed by atoms with van der Waals surface area (Å²) in [7, 11) is 0. The van der Waals surface area contributed by atoms with Crippen LogP contribution < -0.4 is 20.6 Å². The molecule has 3 aromatic carbocycles. The molecule has 3 N–H and O–H groups in total. The number of halogens is 2. The molecule has 0 spiro atoms. The smallest absolute Gasteiger partial charge is 0.387 e. The third kappa shape index (κ3) is 6.70. The van der Waals surface area contributed by atoms with Crippen molar-refractivity contribution in [3.8, 4) is 22.9 Å². The second-order valence-corrected chi connectivity index (χ2v) is 8.16. The topological polar surface area (TPSA) is 104 Å². The van der Waals surface area contributed by atoms with Crippen LogP contribution in [0.15, 0.2) is 84.0 Å². The first-order chi connectivity index (χ1) is 17.0. The fraction of sp³-hybridized carbons (Fsp3) is 0.125. The first-order valence-electron chi connectivity index (χ1n) is 10.4. The SMILES string of the molecule is Nn1c(SCC(=O)Nc2ccc(OCc3ccccc3)cc2)nnc1-c1ccc(OC(F)F)cc1. The molecule has 35 heavy (non-hydrogen) atoms. The molecule has 180 valence electrons. The van der Waals surface area contributed by atoms with Crippen molar-refractivity contribution in [2.75, 3.05) is 16.9 Å². The van der Waals surface area contributed by atoms with Gasteiger partial charge in [0.05, 0.1) is 5.75 Å². The fourth-order valence-electron chi connectivity index (χ4n) is 3.06. The van der Waals surface area contributed by atoms with Gasteiger partial charge in [-0.25, -0.2) is 4.68 Å². The van der Waals surface area contributed by atoms with Gasteiger partial charge in [0.15, 0.2) is 5.82 Å². The van der Waals surface area contributed by atoms with Gasteiger partial charge in [-0.1, -0.05) is 42.1 Å². The Morgan fingerprint density at radius 1 is 0.971 bits per heavy atom. The Hall–Kier alpha value is -4.12. The second-order valence-electron chi connectivity index (χ2n) is 7.21. The van der Waals surface area contributed by atoms with E-state index in [0.29, 0.717) is 34.6 Å². The minimum Gasteiger partial charge on any atom is -0.489 e. The molecule has 0 aliphatic carbocycles. The second kappa shape index (κ2) is 11.3. The maximum atomic E-state index is 12.4. The van der Waals surface area contributed by atoms with Crippen LogP contribution >= 0.6 is 11.8 Å². The fourth-order valence-corrected chi connectivity index (χ4v) is 3.72. The molecule has 11 heteroatoms. The minimum absolute atomic E-state index is 0.0221. The predicted molar refractivity (Wildman–Crippen MR) is 129 cm³/mol. The maximum Gasteiger partial charge on any atom is 0.387 e. The quantitative estimate of drug-likeness (QED) is 0.244. The van der Waals surface area contributed by atoms with E-state index in [-0.39, 0.29) is 17.4 Å². The molecule has 0 radical (unpaired) electrons. The number of alkyl halides is 2. The van der Waals surface area contributed by atoms with Crippen LogP contribution in [0.4, 0.5) is 14.5 Å². The van der Waals surface area contributed by atoms with Crippen molar-refractivity contribution in [1.82, 2.24) is 14.9 Å². The highest BCUT2D eigenvalue weighted by atomic mass is 32.2. The number of anilines is 1. The van der Waals surface area contributed by atoms with Crippen LogP contribution in [0.5, 0.6) is 11.5 Å². The van der Waals surface area contributed by atoms with Gasteiger partial charge in [-0.2, -0.15) is 8.78 Å². The Kier molecular flexibility index (Phi) is 7.78. The number of carbonyl (C=O) groups excluding carboxylic acids is 1. The van der Waals surface area contributed by atoms with E-state index in [9.17, 15) is 13.6 Å². The summed E-state index contributed by atoms with van der Waals surface area (Å²) in [4.78, 5) is 12.4. The lowest BCUT2D eigenvalue weighted by Gasteiger charge is -2.09. The van der Waals surface area contributed by atoms with E-state index in [1.807, 2.05) is 30.3 Å². The normalized spacial score (nSPS) is 10.8. The number of carbonyl (C=O) groups is 1. The van der Waals surface area contributed by atoms with Crippen molar-refractivity contribution in [2.45, 2.75) is 18.4 Å². The minimum atomic E-state index is -2.90. The summed E-state index contributed by atoms with van der Waals surface area (Å²) in [5.41, 5.74) is 2.26. The zero-order chi connectivity index (χ0) is 24.6. The molecule has 4 aromatic rings. The van der Waals surface area contributed by atoms with Crippen molar-refractivity contribution in [3.05, 3.63) is 84.4 Å². The Morgan fingerprint density at radius 2 is 1.66 bits per heavy atom. The molecule has 1 aromatic heterocycles. The zero-order valence-corrected chi connectivity index (χ0v) is 19.1. The lowest BCUT2D eigenvalue weighted by Crippen LogP contribution is -2.16. The zero-order valence-electron chi connectivity index (χ0n) is 18.3. The van der Waals surface area contributed by atoms with Crippen LogP contribution in [0.2, 0.25) is 0 Å². The van der Waals surface area contributed by atoms with Gasteiger partial charge < -0.3 is 20.6 Å². The summed E-state index contributed by atoms with van der Waals surface area (Å²) in [6.07, 6.45) is 0. The van der Waals surface area contributed by atoms with Crippen LogP contribution in [-0.4, -0.2) is 33.1 Å². The van der Waals surface area contributed by atoms with Crippen molar-refractivity contribution in [1.29, 1.82) is 0 Å². The van der Waals surface area contributed by atoms with E-state index >= 15 is 0 Å². The average molecular weight is 498 g/mol. The third-order valence-electron chi connectivity index (χ3n) is 4.72. The standard InChI is InChI=1S/C24H21F2N5O3S/c25-23(26)34-20-10-6-17(7-11-20)22-29-30-24(31(22)27)35-15-21(32)28-18-8-12-19(13-9-18)33-14-16-4-2-1-3-5-16/h1-13,23H,14-15,27H2,(H,28,32). The maximum absolute atomic E-state index is 12.4. The molecule has 0 unspecified atom stereocenters. The number of amides is 1. The summed E-state index contributed by atoms with van der Waals surface area (Å²) in [6.45, 7) is -2.45. The molecule has 1 heterocycles. The lowest BCUT2D eigenvalue weighted by molar-refractivity contribution is -0.113. The van der Waals surface area contributed by atoms with Crippen molar-refractivity contribution >= 4 is 23.4 Å². The van der Waals surface area contributed by atoms with Gasteiger partial charge >= 0.3 is 6.61 Å². The number of aromatic nitrogens is 3. The van der Waals surface area contributed by atoms with Crippen molar-refractivity contribution in [3.63, 3.8) is 0 Å². The predicted octanol–water partition coefficient (Wildman–Crippen LogP) is 4.57. The molecule has 4 rings (SSSR count). The van der Waals surface area contributed by atoms with Gasteiger partial charge in [-0.05, 0) is 54.1 Å². The van der Waals surface area contributed by atoms with E-state index in [4.69, 9.17) is 10.6 Å². The first-order valence-corrected chi connectivity index (χ1v) is 11.4. The highest BCUT2D eigenvalue weighted by Crippen LogP contribution is 2.24. The van der Waals surface area contributed by atoms with Gasteiger partial charge in [0.2, 0.25) is 11.1 Å². The van der Waals surface area contributed by atoms with E-state index in [1.54, 1.807) is 36.4 Å². The van der Waals surface area contributed by atoms with Gasteiger partial charge in [-0.3, -0.25) is 4.79 Å². The monoisotopic (exact) mass is 497 g/mol. The van der Waals surface area contributed by atoms with E-state index in [1.165, 1.54) is 16.8 Å². The Balaban J connectivity index is 1.27. The van der Waals surface area contributed by atoms with Crippen molar-refractivity contribution in [2.24, 2.45) is 0 Å². The summed E-state index contributed by atoms with van der Waals surface area (Å²) in [5.74, 6) is 6.91. The van der Waals surface area contributed by atoms with Crippen LogP contribution in [-0.2, 0) is 11.4 Å². The Bertz CT molecular complexity index is 1250. The lowest BCUT2D eigenvalue weighted by atomic mass is 10.2. The molecule has 1 amide bonds. The third-order valence-corrected chi connectivity index (χ3v) is 5.66. The first kappa shape index (κ1) is 24.0. The number of nitrogen functional groups attached to an aromatic ring is 1. The van der Waals surface area contributed by atoms with Gasteiger partial charge in [0, 0.05) is 11.3 Å². The summed E-state index contributed by atoms with van der Waals surface area (Å²) in [5, 5.41) is 11.2. The van der Waals surface area contributed by atoms with Crippen LogP contribution in [0.3, 0.4) is 0 Å². The molecule has 0 saturated carbocycles. The average Bonchev–Trinajstić information content (AvgIpc) is 3.23.